The second-order valence-electron chi connectivity index (χ2n) is 3.77. The molecule has 1 saturated heterocycles. The summed E-state index contributed by atoms with van der Waals surface area (Å²) in [7, 11) is 1.99. The van der Waals surface area contributed by atoms with Gasteiger partial charge in [0, 0.05) is 19.1 Å². The first-order valence-corrected chi connectivity index (χ1v) is 6.46. The van der Waals surface area contributed by atoms with E-state index in [0.29, 0.717) is 11.9 Å². The minimum absolute atomic E-state index is 0.112. The number of carbonyl (C=O) groups is 1. The summed E-state index contributed by atoms with van der Waals surface area (Å²) in [4.78, 5) is 13.8. The molecule has 1 atom stereocenters. The Hall–Kier alpha value is -0.220. The van der Waals surface area contributed by atoms with Gasteiger partial charge in [0.2, 0.25) is 5.91 Å². The van der Waals surface area contributed by atoms with E-state index in [1.165, 1.54) is 0 Å². The van der Waals surface area contributed by atoms with Gasteiger partial charge in [-0.2, -0.15) is 11.8 Å². The van der Waals surface area contributed by atoms with Crippen molar-refractivity contribution < 1.29 is 4.79 Å². The lowest BCUT2D eigenvalue weighted by Crippen LogP contribution is -2.46. The third kappa shape index (κ3) is 2.89. The van der Waals surface area contributed by atoms with Gasteiger partial charge in [-0.25, -0.2) is 0 Å². The van der Waals surface area contributed by atoms with Gasteiger partial charge < -0.3 is 10.2 Å². The molecule has 0 saturated carbocycles. The molecule has 0 aliphatic carbocycles. The smallest absolute Gasteiger partial charge is 0.235 e. The Morgan fingerprint density at radius 2 is 2.07 bits per heavy atom. The van der Waals surface area contributed by atoms with Crippen molar-refractivity contribution in [2.75, 3.05) is 26.4 Å². The Balaban J connectivity index is 2.37. The van der Waals surface area contributed by atoms with Crippen LogP contribution in [0.2, 0.25) is 0 Å². The van der Waals surface area contributed by atoms with E-state index in [4.69, 9.17) is 0 Å². The van der Waals surface area contributed by atoms with E-state index in [0.717, 1.165) is 25.9 Å². The molecule has 1 unspecified atom stereocenters. The molecule has 1 fully saturated rings. The quantitative estimate of drug-likeness (QED) is 0.762. The maximum Gasteiger partial charge on any atom is 0.235 e. The molecule has 82 valence electrons. The molecule has 0 aromatic rings. The number of amides is 1. The summed E-state index contributed by atoms with van der Waals surface area (Å²) in [5.74, 6) is 0.298. The Morgan fingerprint density at radius 3 is 2.50 bits per heavy atom. The number of rotatable bonds is 3. The average molecular weight is 216 g/mol. The van der Waals surface area contributed by atoms with E-state index in [1.54, 1.807) is 11.8 Å². The second kappa shape index (κ2) is 5.61. The molecule has 1 rings (SSSR count). The van der Waals surface area contributed by atoms with E-state index in [9.17, 15) is 4.79 Å². The molecule has 4 heteroatoms. The van der Waals surface area contributed by atoms with Crippen LogP contribution in [-0.2, 0) is 4.79 Å². The van der Waals surface area contributed by atoms with Gasteiger partial charge in [-0.15, -0.1) is 0 Å². The second-order valence-corrected chi connectivity index (χ2v) is 4.94. The zero-order chi connectivity index (χ0) is 10.6. The Labute approximate surface area is 90.6 Å². The van der Waals surface area contributed by atoms with E-state index in [1.807, 2.05) is 25.1 Å². The lowest BCUT2D eigenvalue weighted by molar-refractivity contribution is -0.131. The standard InChI is InChI=1S/C10H20N2OS/c1-8(14-3)10(13)12-6-4-9(11-2)5-7-12/h8-9,11H,4-7H2,1-3H3. The molecule has 1 heterocycles. The van der Waals surface area contributed by atoms with E-state index in [2.05, 4.69) is 5.32 Å². The van der Waals surface area contributed by atoms with Crippen molar-refractivity contribution in [1.29, 1.82) is 0 Å². The normalized spacial score (nSPS) is 20.9. The van der Waals surface area contributed by atoms with Crippen LogP contribution in [0.3, 0.4) is 0 Å². The summed E-state index contributed by atoms with van der Waals surface area (Å²) in [6.07, 6.45) is 4.16. The van der Waals surface area contributed by atoms with Gasteiger partial charge in [0.05, 0.1) is 5.25 Å². The van der Waals surface area contributed by atoms with Crippen molar-refractivity contribution in [1.82, 2.24) is 10.2 Å². The average Bonchev–Trinajstić information content (AvgIpc) is 2.27. The number of likely N-dealkylation sites (tertiary alicyclic amines) is 1. The SMILES string of the molecule is CNC1CCN(C(=O)C(C)SC)CC1. The molecule has 0 bridgehead atoms. The molecule has 3 nitrogen and oxygen atoms in total. The van der Waals surface area contributed by atoms with Crippen LogP contribution in [0.25, 0.3) is 0 Å². The number of thioether (sulfide) groups is 1. The molecular formula is C10H20N2OS. The first-order valence-electron chi connectivity index (χ1n) is 5.18. The minimum atomic E-state index is 0.112. The van der Waals surface area contributed by atoms with Gasteiger partial charge >= 0.3 is 0 Å². The fraction of sp³-hybridized carbons (Fsp3) is 0.900. The van der Waals surface area contributed by atoms with Gasteiger partial charge in [-0.1, -0.05) is 0 Å². The maximum absolute atomic E-state index is 11.8. The number of nitrogens with zero attached hydrogens (tertiary/aromatic N) is 1. The van der Waals surface area contributed by atoms with Crippen molar-refractivity contribution in [2.24, 2.45) is 0 Å². The summed E-state index contributed by atoms with van der Waals surface area (Å²) in [6.45, 7) is 3.81. The maximum atomic E-state index is 11.8. The Kier molecular flexibility index (Phi) is 4.75. The number of nitrogens with one attached hydrogen (secondary N) is 1. The van der Waals surface area contributed by atoms with Crippen LogP contribution in [0.4, 0.5) is 0 Å². The van der Waals surface area contributed by atoms with Gasteiger partial charge in [-0.3, -0.25) is 4.79 Å². The monoisotopic (exact) mass is 216 g/mol. The number of hydrogen-bond acceptors (Lipinski definition) is 3. The molecular weight excluding hydrogens is 196 g/mol. The lowest BCUT2D eigenvalue weighted by Gasteiger charge is -2.33. The number of carbonyl (C=O) groups excluding carboxylic acids is 1. The summed E-state index contributed by atoms with van der Waals surface area (Å²) in [6, 6.07) is 0.601. The fourth-order valence-electron chi connectivity index (χ4n) is 1.75. The first-order chi connectivity index (χ1) is 6.69. The molecule has 1 amide bonds. The van der Waals surface area contributed by atoms with Crippen molar-refractivity contribution >= 4 is 17.7 Å². The fourth-order valence-corrected chi connectivity index (χ4v) is 2.10. The zero-order valence-corrected chi connectivity index (χ0v) is 10.1. The molecule has 1 aliphatic rings. The van der Waals surface area contributed by atoms with Crippen LogP contribution in [-0.4, -0.2) is 48.5 Å². The largest absolute Gasteiger partial charge is 0.342 e. The molecule has 0 radical (unpaired) electrons. The predicted octanol–water partition coefficient (Wildman–Crippen LogP) is 0.948. The van der Waals surface area contributed by atoms with Gasteiger partial charge in [-0.05, 0) is 33.1 Å². The predicted molar refractivity (Wildman–Crippen MR) is 61.6 cm³/mol. The third-order valence-electron chi connectivity index (χ3n) is 2.92. The van der Waals surface area contributed by atoms with Crippen LogP contribution < -0.4 is 5.32 Å². The highest BCUT2D eigenvalue weighted by Gasteiger charge is 2.24. The Morgan fingerprint density at radius 1 is 1.50 bits per heavy atom. The summed E-state index contributed by atoms with van der Waals surface area (Å²) in [5.41, 5.74) is 0. The van der Waals surface area contributed by atoms with Crippen molar-refractivity contribution in [3.05, 3.63) is 0 Å². The summed E-state index contributed by atoms with van der Waals surface area (Å²) >= 11 is 1.63. The third-order valence-corrected chi connectivity index (χ3v) is 3.82. The summed E-state index contributed by atoms with van der Waals surface area (Å²) < 4.78 is 0. The molecule has 1 aliphatic heterocycles. The van der Waals surface area contributed by atoms with E-state index >= 15 is 0 Å². The highest BCUT2D eigenvalue weighted by molar-refractivity contribution is 7.99. The zero-order valence-electron chi connectivity index (χ0n) is 9.25. The minimum Gasteiger partial charge on any atom is -0.342 e. The number of hydrogen-bond donors (Lipinski definition) is 1. The lowest BCUT2D eigenvalue weighted by atomic mass is 10.1. The van der Waals surface area contributed by atoms with Crippen molar-refractivity contribution in [3.8, 4) is 0 Å². The molecule has 1 N–H and O–H groups in total. The molecule has 0 spiro atoms. The van der Waals surface area contributed by atoms with Crippen LogP contribution in [0.1, 0.15) is 19.8 Å². The Bertz CT molecular complexity index is 191. The highest BCUT2D eigenvalue weighted by Crippen LogP contribution is 2.15. The van der Waals surface area contributed by atoms with Crippen molar-refractivity contribution in [3.63, 3.8) is 0 Å². The number of piperidine rings is 1. The van der Waals surface area contributed by atoms with Gasteiger partial charge in [0.25, 0.3) is 0 Å². The summed E-state index contributed by atoms with van der Waals surface area (Å²) in [5, 5.41) is 3.38. The van der Waals surface area contributed by atoms with Crippen LogP contribution in [0.15, 0.2) is 0 Å². The van der Waals surface area contributed by atoms with Crippen LogP contribution >= 0.6 is 11.8 Å². The van der Waals surface area contributed by atoms with Gasteiger partial charge in [0.15, 0.2) is 0 Å². The highest BCUT2D eigenvalue weighted by atomic mass is 32.2. The van der Waals surface area contributed by atoms with Crippen LogP contribution in [0.5, 0.6) is 0 Å². The van der Waals surface area contributed by atoms with Crippen molar-refractivity contribution in [2.45, 2.75) is 31.1 Å². The van der Waals surface area contributed by atoms with Crippen LogP contribution in [0, 0.1) is 0 Å². The molecule has 0 aromatic heterocycles. The van der Waals surface area contributed by atoms with E-state index < -0.39 is 0 Å². The van der Waals surface area contributed by atoms with Gasteiger partial charge in [0.1, 0.15) is 0 Å². The molecule has 0 aromatic carbocycles. The topological polar surface area (TPSA) is 32.3 Å². The molecule has 14 heavy (non-hydrogen) atoms. The first kappa shape index (κ1) is 11.9. The van der Waals surface area contributed by atoms with E-state index in [-0.39, 0.29) is 5.25 Å².